The van der Waals surface area contributed by atoms with Crippen LogP contribution in [0.1, 0.15) is 5.56 Å². The molecule has 0 radical (unpaired) electrons. The minimum Gasteiger partial charge on any atom is -0.497 e. The predicted molar refractivity (Wildman–Crippen MR) is 112 cm³/mol. The van der Waals surface area contributed by atoms with Crippen molar-refractivity contribution in [3.8, 4) is 17.2 Å². The second-order valence-corrected chi connectivity index (χ2v) is 7.44. The number of rotatable bonds is 7. The van der Waals surface area contributed by atoms with E-state index in [1.54, 1.807) is 19.1 Å². The molecule has 0 aliphatic carbocycles. The molecule has 1 N–H and O–H groups in total. The fourth-order valence-electron chi connectivity index (χ4n) is 2.99. The Hall–Kier alpha value is -3.26. The fraction of sp³-hybridized carbons (Fsp3) is 0.190. The summed E-state index contributed by atoms with van der Waals surface area (Å²) in [5.74, 6) is 1.40. The van der Waals surface area contributed by atoms with Crippen LogP contribution in [0.5, 0.6) is 5.75 Å². The Bertz CT molecular complexity index is 1140. The smallest absolute Gasteiger partial charge is 0.277 e. The molecule has 2 aromatic carbocycles. The van der Waals surface area contributed by atoms with Crippen molar-refractivity contribution in [2.45, 2.75) is 11.8 Å². The lowest BCUT2D eigenvalue weighted by atomic mass is 10.2. The molecule has 0 aliphatic rings. The van der Waals surface area contributed by atoms with Crippen LogP contribution >= 0.6 is 11.8 Å². The van der Waals surface area contributed by atoms with E-state index in [1.165, 1.54) is 11.8 Å². The number of nitrogens with zero attached hydrogens (tertiary/aromatic N) is 3. The first kappa shape index (κ1) is 19.1. The standard InChI is InChI=1S/C21H20N4O3S/c1-25(12-14-6-5-7-15(10-14)27-2)19(26)13-29-21-24-23-20(28-21)17-11-22-18-9-4-3-8-16(17)18/h3-11,22H,12-13H2,1-2H3. The molecule has 7 nitrogen and oxygen atoms in total. The van der Waals surface area contributed by atoms with Gasteiger partial charge in [0.05, 0.1) is 18.4 Å². The largest absolute Gasteiger partial charge is 0.497 e. The number of para-hydroxylation sites is 1. The van der Waals surface area contributed by atoms with E-state index >= 15 is 0 Å². The third kappa shape index (κ3) is 4.27. The van der Waals surface area contributed by atoms with Crippen LogP contribution in [0.15, 0.2) is 64.4 Å². The molecule has 0 aliphatic heterocycles. The number of ether oxygens (including phenoxy) is 1. The summed E-state index contributed by atoms with van der Waals surface area (Å²) in [5, 5.41) is 9.57. The monoisotopic (exact) mass is 408 g/mol. The summed E-state index contributed by atoms with van der Waals surface area (Å²) >= 11 is 1.23. The molecule has 2 aromatic heterocycles. The summed E-state index contributed by atoms with van der Waals surface area (Å²) in [6.45, 7) is 0.501. The van der Waals surface area contributed by atoms with Gasteiger partial charge in [0.25, 0.3) is 11.1 Å². The van der Waals surface area contributed by atoms with Crippen LogP contribution < -0.4 is 4.74 Å². The van der Waals surface area contributed by atoms with E-state index in [9.17, 15) is 4.79 Å². The molecule has 4 aromatic rings. The predicted octanol–water partition coefficient (Wildman–Crippen LogP) is 3.98. The summed E-state index contributed by atoms with van der Waals surface area (Å²) in [4.78, 5) is 17.3. The van der Waals surface area contributed by atoms with Crippen LogP contribution in [0.25, 0.3) is 22.4 Å². The number of thioether (sulfide) groups is 1. The number of H-pyrrole nitrogens is 1. The molecule has 0 saturated carbocycles. The number of nitrogens with one attached hydrogen (secondary N) is 1. The maximum atomic E-state index is 12.5. The highest BCUT2D eigenvalue weighted by molar-refractivity contribution is 7.99. The second kappa shape index (κ2) is 8.40. The SMILES string of the molecule is COc1cccc(CN(C)C(=O)CSc2nnc(-c3c[nH]c4ccccc34)o2)c1. The summed E-state index contributed by atoms with van der Waals surface area (Å²) in [6.07, 6.45) is 1.85. The zero-order valence-electron chi connectivity index (χ0n) is 16.1. The van der Waals surface area contributed by atoms with Gasteiger partial charge in [-0.3, -0.25) is 4.79 Å². The van der Waals surface area contributed by atoms with Gasteiger partial charge in [-0.1, -0.05) is 42.1 Å². The van der Waals surface area contributed by atoms with Gasteiger partial charge in [0.15, 0.2) is 0 Å². The van der Waals surface area contributed by atoms with Crippen molar-refractivity contribution in [1.82, 2.24) is 20.1 Å². The highest BCUT2D eigenvalue weighted by Gasteiger charge is 2.16. The average molecular weight is 408 g/mol. The first-order valence-corrected chi connectivity index (χ1v) is 10.0. The van der Waals surface area contributed by atoms with Gasteiger partial charge in [-0.05, 0) is 23.8 Å². The first-order valence-electron chi connectivity index (χ1n) is 9.03. The van der Waals surface area contributed by atoms with Crippen molar-refractivity contribution < 1.29 is 13.9 Å². The third-order valence-electron chi connectivity index (χ3n) is 4.52. The molecule has 1 amide bonds. The van der Waals surface area contributed by atoms with E-state index < -0.39 is 0 Å². The Morgan fingerprint density at radius 3 is 2.93 bits per heavy atom. The zero-order chi connectivity index (χ0) is 20.2. The topological polar surface area (TPSA) is 84.2 Å². The number of aromatic amines is 1. The average Bonchev–Trinajstić information content (AvgIpc) is 3.38. The zero-order valence-corrected chi connectivity index (χ0v) is 16.9. The molecule has 148 valence electrons. The van der Waals surface area contributed by atoms with Gasteiger partial charge in [0.2, 0.25) is 5.91 Å². The molecule has 2 heterocycles. The Balaban J connectivity index is 1.37. The van der Waals surface area contributed by atoms with Crippen molar-refractivity contribution in [3.05, 3.63) is 60.3 Å². The number of carbonyl (C=O) groups is 1. The number of carbonyl (C=O) groups excluding carboxylic acids is 1. The van der Waals surface area contributed by atoms with Gasteiger partial charge < -0.3 is 19.0 Å². The van der Waals surface area contributed by atoms with Crippen LogP contribution in [-0.4, -0.2) is 45.9 Å². The van der Waals surface area contributed by atoms with E-state index in [-0.39, 0.29) is 11.7 Å². The van der Waals surface area contributed by atoms with Crippen molar-refractivity contribution >= 4 is 28.6 Å². The number of hydrogen-bond acceptors (Lipinski definition) is 6. The molecule has 0 atom stereocenters. The maximum absolute atomic E-state index is 12.5. The summed E-state index contributed by atoms with van der Waals surface area (Å²) in [7, 11) is 3.40. The van der Waals surface area contributed by atoms with Crippen LogP contribution in [0, 0.1) is 0 Å². The molecule has 0 bridgehead atoms. The van der Waals surface area contributed by atoms with Gasteiger partial charge in [0.1, 0.15) is 5.75 Å². The maximum Gasteiger partial charge on any atom is 0.277 e. The van der Waals surface area contributed by atoms with Crippen molar-refractivity contribution in [2.24, 2.45) is 0 Å². The van der Waals surface area contributed by atoms with Crippen molar-refractivity contribution in [1.29, 1.82) is 0 Å². The molecule has 8 heteroatoms. The number of amides is 1. The summed E-state index contributed by atoms with van der Waals surface area (Å²) < 4.78 is 11.0. The molecular weight excluding hydrogens is 388 g/mol. The van der Waals surface area contributed by atoms with E-state index in [0.717, 1.165) is 27.8 Å². The van der Waals surface area contributed by atoms with E-state index in [0.29, 0.717) is 17.7 Å². The summed E-state index contributed by atoms with van der Waals surface area (Å²) in [5.41, 5.74) is 2.86. The van der Waals surface area contributed by atoms with E-state index in [4.69, 9.17) is 9.15 Å². The van der Waals surface area contributed by atoms with Crippen LogP contribution in [-0.2, 0) is 11.3 Å². The Kier molecular flexibility index (Phi) is 5.53. The second-order valence-electron chi connectivity index (χ2n) is 6.51. The third-order valence-corrected chi connectivity index (χ3v) is 5.33. The molecule has 29 heavy (non-hydrogen) atoms. The quantitative estimate of drug-likeness (QED) is 0.466. The molecule has 0 spiro atoms. The van der Waals surface area contributed by atoms with Crippen molar-refractivity contribution in [3.63, 3.8) is 0 Å². The number of benzene rings is 2. The van der Waals surface area contributed by atoms with Crippen LogP contribution in [0.2, 0.25) is 0 Å². The highest BCUT2D eigenvalue weighted by atomic mass is 32.2. The molecule has 4 rings (SSSR count). The van der Waals surface area contributed by atoms with Gasteiger partial charge in [-0.2, -0.15) is 0 Å². The van der Waals surface area contributed by atoms with Gasteiger partial charge in [0, 0.05) is 30.7 Å². The highest BCUT2D eigenvalue weighted by Crippen LogP contribution is 2.29. The summed E-state index contributed by atoms with van der Waals surface area (Å²) in [6, 6.07) is 15.6. The number of hydrogen-bond donors (Lipinski definition) is 1. The van der Waals surface area contributed by atoms with Gasteiger partial charge in [-0.25, -0.2) is 0 Å². The number of methoxy groups -OCH3 is 1. The van der Waals surface area contributed by atoms with Crippen LogP contribution in [0.3, 0.4) is 0 Å². The lowest BCUT2D eigenvalue weighted by Crippen LogP contribution is -2.27. The Morgan fingerprint density at radius 2 is 2.07 bits per heavy atom. The minimum absolute atomic E-state index is 0.0235. The van der Waals surface area contributed by atoms with Gasteiger partial charge >= 0.3 is 0 Å². The molecule has 0 fully saturated rings. The fourth-order valence-corrected chi connectivity index (χ4v) is 3.70. The van der Waals surface area contributed by atoms with Gasteiger partial charge in [-0.15, -0.1) is 10.2 Å². The lowest BCUT2D eigenvalue weighted by Gasteiger charge is -2.17. The van der Waals surface area contributed by atoms with Crippen molar-refractivity contribution in [2.75, 3.05) is 19.9 Å². The normalized spacial score (nSPS) is 11.0. The number of aromatic nitrogens is 3. The van der Waals surface area contributed by atoms with E-state index in [2.05, 4.69) is 15.2 Å². The Morgan fingerprint density at radius 1 is 1.21 bits per heavy atom. The first-order chi connectivity index (χ1) is 14.1. The number of fused-ring (bicyclic) bond motifs is 1. The Labute approximate surface area is 172 Å². The van der Waals surface area contributed by atoms with E-state index in [1.807, 2.05) is 54.7 Å². The minimum atomic E-state index is -0.0235. The van der Waals surface area contributed by atoms with Crippen LogP contribution in [0.4, 0.5) is 0 Å². The molecular formula is C21H20N4O3S. The lowest BCUT2D eigenvalue weighted by molar-refractivity contribution is -0.127. The molecule has 0 unspecified atom stereocenters. The molecule has 0 saturated heterocycles.